The largest absolute Gasteiger partial charge is 0.349 e. The van der Waals surface area contributed by atoms with Gasteiger partial charge in [0.1, 0.15) is 5.69 Å². The van der Waals surface area contributed by atoms with E-state index in [4.69, 9.17) is 0 Å². The lowest BCUT2D eigenvalue weighted by molar-refractivity contribution is 0.0934. The molecule has 0 bridgehead atoms. The quantitative estimate of drug-likeness (QED) is 0.721. The molecule has 144 valence electrons. The molecular weight excluding hydrogens is 338 g/mol. The summed E-state index contributed by atoms with van der Waals surface area (Å²) in [5, 5.41) is 2.95. The molecule has 0 aliphatic heterocycles. The predicted octanol–water partition coefficient (Wildman–Crippen LogP) is 3.80. The highest BCUT2D eigenvalue weighted by Gasteiger charge is 2.14. The summed E-state index contributed by atoms with van der Waals surface area (Å²) in [6.45, 7) is 11.5. The van der Waals surface area contributed by atoms with Crippen molar-refractivity contribution in [1.82, 2.24) is 15.2 Å². The number of amides is 1. The van der Waals surface area contributed by atoms with E-state index in [2.05, 4.69) is 42.9 Å². The van der Waals surface area contributed by atoms with Gasteiger partial charge in [0.05, 0.1) is 5.69 Å². The van der Waals surface area contributed by atoms with Crippen molar-refractivity contribution < 1.29 is 9.59 Å². The lowest BCUT2D eigenvalue weighted by Gasteiger charge is -2.30. The minimum atomic E-state index is -0.188. The van der Waals surface area contributed by atoms with Gasteiger partial charge in [-0.1, -0.05) is 24.3 Å². The van der Waals surface area contributed by atoms with Gasteiger partial charge in [-0.05, 0) is 52.8 Å². The normalized spacial score (nSPS) is 11.3. The number of rotatable bonds is 8. The van der Waals surface area contributed by atoms with Gasteiger partial charge in [-0.3, -0.25) is 14.5 Å². The SMILES string of the molecule is CC(=O)c1cccc(-c2cccc(C(=O)NCCN(C(C)C)C(C)C)n2)c1. The molecule has 1 amide bonds. The highest BCUT2D eigenvalue weighted by Crippen LogP contribution is 2.19. The first-order valence-corrected chi connectivity index (χ1v) is 9.42. The van der Waals surface area contributed by atoms with Crippen molar-refractivity contribution in [2.45, 2.75) is 46.7 Å². The van der Waals surface area contributed by atoms with Crippen LogP contribution in [0.5, 0.6) is 0 Å². The molecule has 1 aromatic carbocycles. The molecule has 0 atom stereocenters. The van der Waals surface area contributed by atoms with Crippen LogP contribution < -0.4 is 5.32 Å². The monoisotopic (exact) mass is 367 g/mol. The van der Waals surface area contributed by atoms with E-state index in [0.29, 0.717) is 35.6 Å². The smallest absolute Gasteiger partial charge is 0.269 e. The van der Waals surface area contributed by atoms with Crippen LogP contribution in [-0.4, -0.2) is 46.7 Å². The van der Waals surface area contributed by atoms with E-state index in [1.165, 1.54) is 6.92 Å². The molecule has 0 saturated heterocycles. The van der Waals surface area contributed by atoms with Gasteiger partial charge in [0.25, 0.3) is 5.91 Å². The Balaban J connectivity index is 2.07. The topological polar surface area (TPSA) is 62.3 Å². The van der Waals surface area contributed by atoms with Gasteiger partial charge in [-0.15, -0.1) is 0 Å². The molecule has 2 rings (SSSR count). The molecule has 0 saturated carbocycles. The Labute approximate surface area is 161 Å². The van der Waals surface area contributed by atoms with Gasteiger partial charge in [0.2, 0.25) is 0 Å². The lowest BCUT2D eigenvalue weighted by Crippen LogP contribution is -2.42. The number of carbonyl (C=O) groups excluding carboxylic acids is 2. The number of hydrogen-bond acceptors (Lipinski definition) is 4. The molecule has 5 nitrogen and oxygen atoms in total. The summed E-state index contributed by atoms with van der Waals surface area (Å²) in [5.41, 5.74) is 2.51. The van der Waals surface area contributed by atoms with Crippen molar-refractivity contribution in [3.05, 3.63) is 53.7 Å². The fourth-order valence-corrected chi connectivity index (χ4v) is 3.12. The van der Waals surface area contributed by atoms with Gasteiger partial charge < -0.3 is 5.32 Å². The Morgan fingerprint density at radius 1 is 1.04 bits per heavy atom. The number of ketones is 1. The van der Waals surface area contributed by atoms with E-state index < -0.39 is 0 Å². The van der Waals surface area contributed by atoms with Crippen LogP contribution in [0.1, 0.15) is 55.5 Å². The van der Waals surface area contributed by atoms with Crippen LogP contribution >= 0.6 is 0 Å². The van der Waals surface area contributed by atoms with Crippen molar-refractivity contribution in [2.24, 2.45) is 0 Å². The van der Waals surface area contributed by atoms with Crippen LogP contribution in [-0.2, 0) is 0 Å². The Kier molecular flexibility index (Phi) is 7.25. The maximum Gasteiger partial charge on any atom is 0.269 e. The van der Waals surface area contributed by atoms with E-state index in [-0.39, 0.29) is 11.7 Å². The van der Waals surface area contributed by atoms with Crippen molar-refractivity contribution in [1.29, 1.82) is 0 Å². The van der Waals surface area contributed by atoms with E-state index >= 15 is 0 Å². The Hall–Kier alpha value is -2.53. The zero-order valence-corrected chi connectivity index (χ0v) is 16.8. The number of benzene rings is 1. The second-order valence-electron chi connectivity index (χ2n) is 7.23. The molecule has 1 heterocycles. The summed E-state index contributed by atoms with van der Waals surface area (Å²) < 4.78 is 0. The molecule has 0 aliphatic rings. The molecular formula is C22H29N3O2. The van der Waals surface area contributed by atoms with Crippen LogP contribution in [0.3, 0.4) is 0 Å². The van der Waals surface area contributed by atoms with Crippen LogP contribution in [0, 0.1) is 0 Å². The molecule has 0 spiro atoms. The summed E-state index contributed by atoms with van der Waals surface area (Å²) >= 11 is 0. The predicted molar refractivity (Wildman–Crippen MR) is 109 cm³/mol. The average Bonchev–Trinajstić information content (AvgIpc) is 2.64. The minimum Gasteiger partial charge on any atom is -0.349 e. The highest BCUT2D eigenvalue weighted by molar-refractivity contribution is 5.95. The number of nitrogens with one attached hydrogen (secondary N) is 1. The van der Waals surface area contributed by atoms with E-state index in [1.807, 2.05) is 24.3 Å². The Bertz CT molecular complexity index is 792. The molecule has 0 unspecified atom stereocenters. The van der Waals surface area contributed by atoms with E-state index in [1.54, 1.807) is 18.2 Å². The second kappa shape index (κ2) is 9.42. The fourth-order valence-electron chi connectivity index (χ4n) is 3.12. The number of carbonyl (C=O) groups is 2. The van der Waals surface area contributed by atoms with E-state index in [9.17, 15) is 9.59 Å². The van der Waals surface area contributed by atoms with E-state index in [0.717, 1.165) is 12.1 Å². The maximum absolute atomic E-state index is 12.5. The first-order chi connectivity index (χ1) is 12.8. The van der Waals surface area contributed by atoms with Crippen LogP contribution in [0.15, 0.2) is 42.5 Å². The maximum atomic E-state index is 12.5. The van der Waals surface area contributed by atoms with Crippen molar-refractivity contribution in [2.75, 3.05) is 13.1 Å². The molecule has 5 heteroatoms. The molecule has 1 N–H and O–H groups in total. The zero-order valence-electron chi connectivity index (χ0n) is 16.8. The zero-order chi connectivity index (χ0) is 20.0. The molecule has 0 fully saturated rings. The summed E-state index contributed by atoms with van der Waals surface area (Å²) in [6, 6.07) is 13.5. The number of hydrogen-bond donors (Lipinski definition) is 1. The van der Waals surface area contributed by atoms with Crippen molar-refractivity contribution >= 4 is 11.7 Å². The van der Waals surface area contributed by atoms with Gasteiger partial charge in [0.15, 0.2) is 5.78 Å². The van der Waals surface area contributed by atoms with Crippen molar-refractivity contribution in [3.8, 4) is 11.3 Å². The lowest BCUT2D eigenvalue weighted by atomic mass is 10.1. The number of nitrogens with zero attached hydrogens (tertiary/aromatic N) is 2. The molecule has 0 aliphatic carbocycles. The first kappa shape index (κ1) is 20.8. The third-order valence-electron chi connectivity index (χ3n) is 4.53. The Morgan fingerprint density at radius 3 is 2.33 bits per heavy atom. The third-order valence-corrected chi connectivity index (χ3v) is 4.53. The highest BCUT2D eigenvalue weighted by atomic mass is 16.1. The van der Waals surface area contributed by atoms with Gasteiger partial charge >= 0.3 is 0 Å². The average molecular weight is 367 g/mol. The molecule has 27 heavy (non-hydrogen) atoms. The molecule has 2 aromatic rings. The number of pyridine rings is 1. The fraction of sp³-hybridized carbons (Fsp3) is 0.409. The number of aromatic nitrogens is 1. The van der Waals surface area contributed by atoms with Gasteiger partial charge in [-0.2, -0.15) is 0 Å². The van der Waals surface area contributed by atoms with Crippen LogP contribution in [0.2, 0.25) is 0 Å². The minimum absolute atomic E-state index is 0.00519. The van der Waals surface area contributed by atoms with Gasteiger partial charge in [-0.25, -0.2) is 4.98 Å². The van der Waals surface area contributed by atoms with Crippen LogP contribution in [0.25, 0.3) is 11.3 Å². The number of Topliss-reactive ketones (excluding diaryl/α,β-unsaturated/α-hetero) is 1. The van der Waals surface area contributed by atoms with Crippen LogP contribution in [0.4, 0.5) is 0 Å². The molecule has 0 radical (unpaired) electrons. The van der Waals surface area contributed by atoms with Gasteiger partial charge in [0, 0.05) is 36.3 Å². The summed E-state index contributed by atoms with van der Waals surface area (Å²) in [6.07, 6.45) is 0. The standard InChI is InChI=1S/C22H29N3O2/c1-15(2)25(16(3)4)13-12-23-22(27)21-11-7-10-20(24-21)19-9-6-8-18(14-19)17(5)26/h6-11,14-16H,12-13H2,1-5H3,(H,23,27). The molecule has 1 aromatic heterocycles. The Morgan fingerprint density at radius 2 is 1.70 bits per heavy atom. The summed E-state index contributed by atoms with van der Waals surface area (Å²) in [5.74, 6) is -0.183. The summed E-state index contributed by atoms with van der Waals surface area (Å²) in [7, 11) is 0. The third kappa shape index (κ3) is 5.73. The summed E-state index contributed by atoms with van der Waals surface area (Å²) in [4.78, 5) is 30.9. The first-order valence-electron chi connectivity index (χ1n) is 9.42. The van der Waals surface area contributed by atoms with Crippen molar-refractivity contribution in [3.63, 3.8) is 0 Å². The second-order valence-corrected chi connectivity index (χ2v) is 7.23.